The lowest BCUT2D eigenvalue weighted by molar-refractivity contribution is -0.385. The second-order valence-corrected chi connectivity index (χ2v) is 7.32. The number of aromatic nitrogens is 2. The third kappa shape index (κ3) is 4.57. The monoisotopic (exact) mass is 446 g/mol. The molecule has 9 heteroatoms. The van der Waals surface area contributed by atoms with Crippen molar-refractivity contribution >= 4 is 17.3 Å². The predicted octanol–water partition coefficient (Wildman–Crippen LogP) is 5.58. The molecule has 0 unspecified atom stereocenters. The van der Waals surface area contributed by atoms with Gasteiger partial charge in [0, 0.05) is 17.3 Å². The number of carbonyl (C=O) groups excluding carboxylic acids is 1. The zero-order valence-corrected chi connectivity index (χ0v) is 17.8. The summed E-state index contributed by atoms with van der Waals surface area (Å²) < 4.78 is 21.7. The second kappa shape index (κ2) is 8.91. The van der Waals surface area contributed by atoms with E-state index in [4.69, 9.17) is 4.74 Å². The summed E-state index contributed by atoms with van der Waals surface area (Å²) in [5, 5.41) is 18.1. The van der Waals surface area contributed by atoms with Gasteiger partial charge in [-0.25, -0.2) is 4.39 Å². The molecule has 0 aliphatic rings. The topological polar surface area (TPSA) is 99.3 Å². The zero-order chi connectivity index (χ0) is 23.5. The molecule has 3 aromatic carbocycles. The van der Waals surface area contributed by atoms with Crippen LogP contribution in [0.4, 0.5) is 15.8 Å². The van der Waals surface area contributed by atoms with Gasteiger partial charge in [-0.3, -0.25) is 14.9 Å². The van der Waals surface area contributed by atoms with E-state index in [0.29, 0.717) is 16.9 Å². The molecule has 4 rings (SSSR count). The molecule has 0 bridgehead atoms. The van der Waals surface area contributed by atoms with Gasteiger partial charge in [0.25, 0.3) is 11.6 Å². The summed E-state index contributed by atoms with van der Waals surface area (Å²) in [5.74, 6) is -1.48. The molecule has 0 saturated heterocycles. The maximum absolute atomic E-state index is 14.5. The maximum Gasteiger partial charge on any atom is 0.276 e. The highest BCUT2D eigenvalue weighted by atomic mass is 19.1. The van der Waals surface area contributed by atoms with E-state index in [0.717, 1.165) is 17.7 Å². The van der Waals surface area contributed by atoms with Crippen LogP contribution in [-0.2, 0) is 0 Å². The van der Waals surface area contributed by atoms with Gasteiger partial charge in [0.15, 0.2) is 17.3 Å². The van der Waals surface area contributed by atoms with Crippen LogP contribution in [0.1, 0.15) is 21.6 Å². The Morgan fingerprint density at radius 2 is 1.82 bits per heavy atom. The third-order valence-electron chi connectivity index (χ3n) is 4.89. The number of halogens is 1. The second-order valence-electron chi connectivity index (χ2n) is 7.32. The summed E-state index contributed by atoms with van der Waals surface area (Å²) >= 11 is 0. The van der Waals surface area contributed by atoms with Crippen molar-refractivity contribution in [3.63, 3.8) is 0 Å². The average Bonchev–Trinajstić information content (AvgIpc) is 3.12. The molecular formula is C24H19FN4O4. The Bertz CT molecular complexity index is 1350. The van der Waals surface area contributed by atoms with E-state index in [2.05, 4.69) is 10.4 Å². The van der Waals surface area contributed by atoms with Crippen molar-refractivity contribution in [2.75, 3.05) is 5.32 Å². The summed E-state index contributed by atoms with van der Waals surface area (Å²) in [6.45, 7) is 3.55. The van der Waals surface area contributed by atoms with Crippen LogP contribution < -0.4 is 10.1 Å². The largest absolute Gasteiger partial charge is 0.436 e. The number of ether oxygens (including phenoxy) is 1. The molecule has 33 heavy (non-hydrogen) atoms. The summed E-state index contributed by atoms with van der Waals surface area (Å²) in [4.78, 5) is 23.2. The van der Waals surface area contributed by atoms with E-state index in [9.17, 15) is 19.3 Å². The number of nitro benzene ring substituents is 1. The molecule has 1 aromatic heterocycles. The minimum atomic E-state index is -0.907. The minimum absolute atomic E-state index is 0.0951. The predicted molar refractivity (Wildman–Crippen MR) is 121 cm³/mol. The Hall–Kier alpha value is -4.53. The SMILES string of the molecule is Cc1cccc(NC(=O)c2nn(-c3ccccc3)c(Oc3ccc([N+](=O)[O-])cc3F)c2C)c1. The van der Waals surface area contributed by atoms with E-state index in [1.165, 1.54) is 10.7 Å². The molecule has 0 aliphatic carbocycles. The number of amides is 1. The molecule has 1 amide bonds. The van der Waals surface area contributed by atoms with Gasteiger partial charge in [-0.2, -0.15) is 9.78 Å². The molecule has 8 nitrogen and oxygen atoms in total. The molecular weight excluding hydrogens is 427 g/mol. The fourth-order valence-corrected chi connectivity index (χ4v) is 3.26. The van der Waals surface area contributed by atoms with Crippen molar-refractivity contribution in [2.24, 2.45) is 0 Å². The van der Waals surface area contributed by atoms with Crippen LogP contribution >= 0.6 is 0 Å². The van der Waals surface area contributed by atoms with Crippen molar-refractivity contribution < 1.29 is 18.8 Å². The van der Waals surface area contributed by atoms with E-state index < -0.39 is 22.3 Å². The van der Waals surface area contributed by atoms with Gasteiger partial charge in [0.2, 0.25) is 5.88 Å². The molecule has 1 N–H and O–H groups in total. The van der Waals surface area contributed by atoms with E-state index >= 15 is 0 Å². The standard InChI is InChI=1S/C24H19FN4O4/c1-15-7-6-8-17(13-15)26-23(30)22-16(2)24(28(27-22)18-9-4-3-5-10-18)33-21-12-11-19(29(31)32)14-20(21)25/h3-14H,1-2H3,(H,26,30). The highest BCUT2D eigenvalue weighted by molar-refractivity contribution is 6.04. The number of non-ortho nitro benzene ring substituents is 1. The van der Waals surface area contributed by atoms with Gasteiger partial charge in [0.1, 0.15) is 0 Å². The van der Waals surface area contributed by atoms with E-state index in [1.807, 2.05) is 31.2 Å². The molecule has 0 saturated carbocycles. The lowest BCUT2D eigenvalue weighted by Crippen LogP contribution is -2.14. The number of nitrogens with zero attached hydrogens (tertiary/aromatic N) is 3. The molecule has 0 atom stereocenters. The number of hydrogen-bond donors (Lipinski definition) is 1. The van der Waals surface area contributed by atoms with Gasteiger partial charge in [-0.05, 0) is 49.7 Å². The summed E-state index contributed by atoms with van der Waals surface area (Å²) in [6.07, 6.45) is 0. The minimum Gasteiger partial charge on any atom is -0.436 e. The number of carbonyl (C=O) groups is 1. The lowest BCUT2D eigenvalue weighted by Gasteiger charge is -2.10. The first kappa shape index (κ1) is 21.7. The van der Waals surface area contributed by atoms with Crippen molar-refractivity contribution in [3.05, 3.63) is 106 Å². The first-order valence-electron chi connectivity index (χ1n) is 9.98. The average molecular weight is 446 g/mol. The highest BCUT2D eigenvalue weighted by Crippen LogP contribution is 2.33. The summed E-state index contributed by atoms with van der Waals surface area (Å²) in [7, 11) is 0. The van der Waals surface area contributed by atoms with E-state index in [-0.39, 0.29) is 17.3 Å². The molecule has 4 aromatic rings. The van der Waals surface area contributed by atoms with E-state index in [1.54, 1.807) is 37.3 Å². The lowest BCUT2D eigenvalue weighted by atomic mass is 10.2. The summed E-state index contributed by atoms with van der Waals surface area (Å²) in [5.41, 5.74) is 2.26. The Morgan fingerprint density at radius 1 is 1.06 bits per heavy atom. The molecule has 0 aliphatic heterocycles. The fourth-order valence-electron chi connectivity index (χ4n) is 3.26. The van der Waals surface area contributed by atoms with Crippen LogP contribution in [0.2, 0.25) is 0 Å². The van der Waals surface area contributed by atoms with Crippen molar-refractivity contribution in [1.29, 1.82) is 0 Å². The Balaban J connectivity index is 1.75. The first-order chi connectivity index (χ1) is 15.8. The number of aryl methyl sites for hydroxylation is 1. The van der Waals surface area contributed by atoms with Crippen LogP contribution in [0.5, 0.6) is 11.6 Å². The maximum atomic E-state index is 14.5. The van der Waals surface area contributed by atoms with Crippen LogP contribution in [0.3, 0.4) is 0 Å². The van der Waals surface area contributed by atoms with Gasteiger partial charge >= 0.3 is 0 Å². The normalized spacial score (nSPS) is 10.6. The number of para-hydroxylation sites is 1. The van der Waals surface area contributed by atoms with Crippen LogP contribution in [-0.4, -0.2) is 20.6 Å². The van der Waals surface area contributed by atoms with Gasteiger partial charge < -0.3 is 10.1 Å². The number of rotatable bonds is 6. The Kier molecular flexibility index (Phi) is 5.86. The molecule has 0 spiro atoms. The van der Waals surface area contributed by atoms with Crippen molar-refractivity contribution in [2.45, 2.75) is 13.8 Å². The number of hydrogen-bond acceptors (Lipinski definition) is 5. The summed E-state index contributed by atoms with van der Waals surface area (Å²) in [6, 6.07) is 19.3. The van der Waals surface area contributed by atoms with Crippen LogP contribution in [0.15, 0.2) is 72.8 Å². The number of benzene rings is 3. The molecule has 166 valence electrons. The van der Waals surface area contributed by atoms with Gasteiger partial charge in [-0.15, -0.1) is 0 Å². The molecule has 0 fully saturated rings. The van der Waals surface area contributed by atoms with Crippen LogP contribution in [0.25, 0.3) is 5.69 Å². The van der Waals surface area contributed by atoms with Crippen molar-refractivity contribution in [3.8, 4) is 17.3 Å². The highest BCUT2D eigenvalue weighted by Gasteiger charge is 2.24. The zero-order valence-electron chi connectivity index (χ0n) is 17.8. The third-order valence-corrected chi connectivity index (χ3v) is 4.89. The fraction of sp³-hybridized carbons (Fsp3) is 0.0833. The van der Waals surface area contributed by atoms with Gasteiger partial charge in [0.05, 0.1) is 16.7 Å². The van der Waals surface area contributed by atoms with Crippen LogP contribution in [0, 0.1) is 29.8 Å². The molecule has 1 heterocycles. The smallest absolute Gasteiger partial charge is 0.276 e. The number of nitro groups is 1. The molecule has 0 radical (unpaired) electrons. The first-order valence-corrected chi connectivity index (χ1v) is 9.98. The van der Waals surface area contributed by atoms with Crippen molar-refractivity contribution in [1.82, 2.24) is 9.78 Å². The number of anilines is 1. The quantitative estimate of drug-likeness (QED) is 0.308. The van der Waals surface area contributed by atoms with Gasteiger partial charge in [-0.1, -0.05) is 30.3 Å². The Labute approximate surface area is 188 Å². The number of nitrogens with one attached hydrogen (secondary N) is 1. The Morgan fingerprint density at radius 3 is 2.48 bits per heavy atom.